The molecule has 1 N–H and O–H groups in total. The van der Waals surface area contributed by atoms with Crippen molar-refractivity contribution in [2.45, 2.75) is 39.0 Å². The van der Waals surface area contributed by atoms with Crippen LogP contribution in [0.25, 0.3) is 32.3 Å². The number of carbonyl (C=O) groups excluding carboxylic acids is 4. The van der Waals surface area contributed by atoms with Gasteiger partial charge in [0.25, 0.3) is 11.8 Å². The van der Waals surface area contributed by atoms with E-state index in [0.29, 0.717) is 17.9 Å². The van der Waals surface area contributed by atoms with E-state index in [1.54, 1.807) is 0 Å². The van der Waals surface area contributed by atoms with Crippen molar-refractivity contribution in [1.82, 2.24) is 5.06 Å². The Bertz CT molecular complexity index is 1430. The molecule has 33 heavy (non-hydrogen) atoms. The van der Waals surface area contributed by atoms with E-state index in [1.807, 2.05) is 18.2 Å². The fourth-order valence-corrected chi connectivity index (χ4v) is 4.61. The summed E-state index contributed by atoms with van der Waals surface area (Å²) >= 11 is 0. The van der Waals surface area contributed by atoms with Crippen LogP contribution in [0, 0.1) is 0 Å². The van der Waals surface area contributed by atoms with Gasteiger partial charge in [0.15, 0.2) is 0 Å². The van der Waals surface area contributed by atoms with Crippen molar-refractivity contribution in [2.24, 2.45) is 0 Å². The van der Waals surface area contributed by atoms with Crippen molar-refractivity contribution in [1.29, 1.82) is 0 Å². The maximum atomic E-state index is 12.1. The third-order valence-electron chi connectivity index (χ3n) is 6.09. The van der Waals surface area contributed by atoms with Gasteiger partial charge in [0, 0.05) is 37.3 Å². The van der Waals surface area contributed by atoms with Crippen molar-refractivity contribution in [3.63, 3.8) is 0 Å². The number of benzene rings is 4. The zero-order valence-electron chi connectivity index (χ0n) is 18.1. The first kappa shape index (κ1) is 20.9. The van der Waals surface area contributed by atoms with Crippen molar-refractivity contribution in [3.05, 3.63) is 54.1 Å². The number of hydroxylamine groups is 2. The van der Waals surface area contributed by atoms with E-state index in [9.17, 15) is 19.2 Å². The van der Waals surface area contributed by atoms with Crippen molar-refractivity contribution in [3.8, 4) is 0 Å². The molecule has 166 valence electrons. The summed E-state index contributed by atoms with van der Waals surface area (Å²) in [7, 11) is 0. The lowest BCUT2D eigenvalue weighted by molar-refractivity contribution is -0.197. The summed E-state index contributed by atoms with van der Waals surface area (Å²) in [4.78, 5) is 52.0. The molecule has 0 radical (unpaired) electrons. The standard InChI is InChI=1S/C26H22N2O5/c1-15(29)27-21-12-9-18-7-10-19-16(5-6-17-8-11-20(21)26(18)25(17)19)3-2-4-24(32)33-28-22(30)13-14-23(28)31/h5-12H,2-4,13-14H2,1H3,(H,27,29). The Hall–Kier alpha value is -4.00. The Labute approximate surface area is 189 Å². The highest BCUT2D eigenvalue weighted by Gasteiger charge is 2.32. The van der Waals surface area contributed by atoms with Crippen LogP contribution in [0.15, 0.2) is 48.5 Å². The number of aryl methyl sites for hydroxylation is 1. The molecule has 7 nitrogen and oxygen atoms in total. The third kappa shape index (κ3) is 3.75. The van der Waals surface area contributed by atoms with E-state index < -0.39 is 17.8 Å². The fraction of sp³-hybridized carbons (Fsp3) is 0.231. The van der Waals surface area contributed by atoms with Gasteiger partial charge in [-0.15, -0.1) is 5.06 Å². The van der Waals surface area contributed by atoms with Crippen LogP contribution in [0.5, 0.6) is 0 Å². The molecule has 0 bridgehead atoms. The van der Waals surface area contributed by atoms with Gasteiger partial charge in [0.05, 0.1) is 0 Å². The molecule has 1 saturated heterocycles. The second kappa shape index (κ2) is 8.16. The summed E-state index contributed by atoms with van der Waals surface area (Å²) in [6.45, 7) is 1.50. The highest BCUT2D eigenvalue weighted by molar-refractivity contribution is 6.26. The number of hydrogen-bond donors (Lipinski definition) is 1. The van der Waals surface area contributed by atoms with Crippen LogP contribution in [-0.2, 0) is 30.4 Å². The highest BCUT2D eigenvalue weighted by atomic mass is 16.7. The summed E-state index contributed by atoms with van der Waals surface area (Å²) in [5.41, 5.74) is 1.88. The summed E-state index contributed by atoms with van der Waals surface area (Å²) in [6, 6.07) is 16.3. The lowest BCUT2D eigenvalue weighted by atomic mass is 9.90. The summed E-state index contributed by atoms with van der Waals surface area (Å²) in [5.74, 6) is -1.65. The molecule has 0 spiro atoms. The zero-order valence-corrected chi connectivity index (χ0v) is 18.1. The predicted octanol–water partition coefficient (Wildman–Crippen LogP) is 4.47. The lowest BCUT2D eigenvalue weighted by Crippen LogP contribution is -2.31. The largest absolute Gasteiger partial charge is 0.333 e. The summed E-state index contributed by atoms with van der Waals surface area (Å²) < 4.78 is 0. The zero-order chi connectivity index (χ0) is 23.1. The van der Waals surface area contributed by atoms with Crippen LogP contribution in [-0.4, -0.2) is 28.8 Å². The minimum absolute atomic E-state index is 0.0818. The minimum Gasteiger partial charge on any atom is -0.330 e. The monoisotopic (exact) mass is 442 g/mol. The van der Waals surface area contributed by atoms with Crippen LogP contribution in [0.3, 0.4) is 0 Å². The minimum atomic E-state index is -0.587. The second-order valence-corrected chi connectivity index (χ2v) is 8.34. The predicted molar refractivity (Wildman–Crippen MR) is 125 cm³/mol. The molecule has 0 atom stereocenters. The number of carbonyl (C=O) groups is 4. The van der Waals surface area contributed by atoms with Crippen LogP contribution in [0.1, 0.15) is 38.2 Å². The van der Waals surface area contributed by atoms with Crippen molar-refractivity contribution in [2.75, 3.05) is 5.32 Å². The fourth-order valence-electron chi connectivity index (χ4n) is 4.61. The molecule has 1 aliphatic rings. The molecule has 7 heteroatoms. The number of nitrogens with zero attached hydrogens (tertiary/aromatic N) is 1. The first-order chi connectivity index (χ1) is 15.9. The van der Waals surface area contributed by atoms with Crippen molar-refractivity contribution < 1.29 is 24.0 Å². The number of imide groups is 1. The molecular formula is C26H22N2O5. The topological polar surface area (TPSA) is 92.8 Å². The molecule has 1 fully saturated rings. The first-order valence-corrected chi connectivity index (χ1v) is 11.0. The van der Waals surface area contributed by atoms with Gasteiger partial charge < -0.3 is 10.2 Å². The molecule has 1 aliphatic heterocycles. The maximum Gasteiger partial charge on any atom is 0.333 e. The molecule has 0 saturated carbocycles. The number of amides is 3. The third-order valence-corrected chi connectivity index (χ3v) is 6.09. The Morgan fingerprint density at radius 3 is 2.18 bits per heavy atom. The van der Waals surface area contributed by atoms with Gasteiger partial charge in [-0.05, 0) is 51.4 Å². The number of rotatable bonds is 6. The lowest BCUT2D eigenvalue weighted by Gasteiger charge is -2.16. The molecule has 4 aromatic rings. The van der Waals surface area contributed by atoms with Gasteiger partial charge in [0.1, 0.15) is 0 Å². The second-order valence-electron chi connectivity index (χ2n) is 8.34. The van der Waals surface area contributed by atoms with Crippen LogP contribution in [0.4, 0.5) is 5.69 Å². The van der Waals surface area contributed by atoms with E-state index in [1.165, 1.54) is 6.92 Å². The van der Waals surface area contributed by atoms with E-state index in [4.69, 9.17) is 4.84 Å². The van der Waals surface area contributed by atoms with E-state index >= 15 is 0 Å². The average Bonchev–Trinajstić information content (AvgIpc) is 3.11. The number of anilines is 1. The van der Waals surface area contributed by atoms with Gasteiger partial charge in [0.2, 0.25) is 5.91 Å². The molecule has 0 unspecified atom stereocenters. The molecule has 0 aromatic heterocycles. The van der Waals surface area contributed by atoms with Crippen LogP contribution in [0.2, 0.25) is 0 Å². The SMILES string of the molecule is CC(=O)Nc1ccc2ccc3c(CCCC(=O)ON4C(=O)CCC4=O)ccc4ccc1c2c43. The number of hydrogen-bond acceptors (Lipinski definition) is 5. The van der Waals surface area contributed by atoms with Gasteiger partial charge >= 0.3 is 5.97 Å². The van der Waals surface area contributed by atoms with Gasteiger partial charge in [-0.3, -0.25) is 14.4 Å². The van der Waals surface area contributed by atoms with E-state index in [-0.39, 0.29) is 25.2 Å². The Kier molecular flexibility index (Phi) is 5.17. The molecule has 5 rings (SSSR count). The normalized spacial score (nSPS) is 14.0. The van der Waals surface area contributed by atoms with Crippen LogP contribution < -0.4 is 5.32 Å². The number of nitrogens with one attached hydrogen (secondary N) is 1. The highest BCUT2D eigenvalue weighted by Crippen LogP contribution is 2.39. The molecule has 1 heterocycles. The van der Waals surface area contributed by atoms with E-state index in [0.717, 1.165) is 43.6 Å². The van der Waals surface area contributed by atoms with Gasteiger partial charge in [-0.25, -0.2) is 4.79 Å². The molecule has 4 aromatic carbocycles. The summed E-state index contributed by atoms with van der Waals surface area (Å²) in [6.07, 6.45) is 1.43. The molecule has 0 aliphatic carbocycles. The maximum absolute atomic E-state index is 12.1. The quantitative estimate of drug-likeness (QED) is 0.351. The molecular weight excluding hydrogens is 420 g/mol. The smallest absolute Gasteiger partial charge is 0.330 e. The Morgan fingerprint density at radius 1 is 0.879 bits per heavy atom. The summed E-state index contributed by atoms with van der Waals surface area (Å²) in [5, 5.41) is 10.0. The average molecular weight is 442 g/mol. The van der Waals surface area contributed by atoms with Gasteiger partial charge in [-0.2, -0.15) is 0 Å². The van der Waals surface area contributed by atoms with Gasteiger partial charge in [-0.1, -0.05) is 42.5 Å². The first-order valence-electron chi connectivity index (χ1n) is 11.0. The van der Waals surface area contributed by atoms with Crippen LogP contribution >= 0.6 is 0 Å². The Morgan fingerprint density at radius 2 is 1.48 bits per heavy atom. The molecule has 3 amide bonds. The van der Waals surface area contributed by atoms with E-state index in [2.05, 4.69) is 35.6 Å². The Balaban J connectivity index is 1.41. The van der Waals surface area contributed by atoms with Crippen molar-refractivity contribution >= 4 is 61.7 Å².